The second-order valence-corrected chi connectivity index (χ2v) is 3.59. The molecule has 1 aromatic rings. The van der Waals surface area contributed by atoms with Gasteiger partial charge < -0.3 is 9.50 Å². The van der Waals surface area contributed by atoms with Gasteiger partial charge in [0.2, 0.25) is 0 Å². The lowest BCUT2D eigenvalue weighted by atomic mass is 10.3. The molecule has 6 heteroatoms. The van der Waals surface area contributed by atoms with Crippen LogP contribution in [0.2, 0.25) is 0 Å². The summed E-state index contributed by atoms with van der Waals surface area (Å²) in [5.41, 5.74) is 0.857. The van der Waals surface area contributed by atoms with Gasteiger partial charge >= 0.3 is 10.4 Å². The van der Waals surface area contributed by atoms with Crippen molar-refractivity contribution in [2.24, 2.45) is 0 Å². The Balaban J connectivity index is 2.74. The van der Waals surface area contributed by atoms with Gasteiger partial charge in [0.15, 0.2) is 0 Å². The SMILES string of the molecule is CCNc1ccc(OS(=O)(=O)O)cc1. The van der Waals surface area contributed by atoms with Crippen LogP contribution in [-0.2, 0) is 10.4 Å². The molecule has 0 saturated heterocycles. The molecule has 0 fully saturated rings. The summed E-state index contributed by atoms with van der Waals surface area (Å²) in [7, 11) is -4.42. The Hall–Kier alpha value is -1.27. The summed E-state index contributed by atoms with van der Waals surface area (Å²) in [5, 5.41) is 3.03. The third-order valence-corrected chi connectivity index (χ3v) is 1.84. The van der Waals surface area contributed by atoms with Crippen molar-refractivity contribution in [3.05, 3.63) is 24.3 Å². The molecular formula is C8H11NO4S. The zero-order valence-electron chi connectivity index (χ0n) is 7.60. The zero-order chi connectivity index (χ0) is 10.6. The number of rotatable bonds is 4. The third kappa shape index (κ3) is 3.63. The van der Waals surface area contributed by atoms with E-state index in [9.17, 15) is 8.42 Å². The number of benzene rings is 1. The van der Waals surface area contributed by atoms with Crippen LogP contribution in [-0.4, -0.2) is 19.5 Å². The molecule has 0 amide bonds. The lowest BCUT2D eigenvalue weighted by molar-refractivity contribution is 0.387. The van der Waals surface area contributed by atoms with Crippen LogP contribution < -0.4 is 9.50 Å². The van der Waals surface area contributed by atoms with Crippen molar-refractivity contribution in [3.63, 3.8) is 0 Å². The first-order valence-corrected chi connectivity index (χ1v) is 5.38. The highest BCUT2D eigenvalue weighted by Gasteiger charge is 2.05. The Labute approximate surface area is 82.7 Å². The molecule has 0 unspecified atom stereocenters. The molecule has 0 spiro atoms. The maximum atomic E-state index is 10.3. The van der Waals surface area contributed by atoms with Gasteiger partial charge in [-0.3, -0.25) is 4.55 Å². The first-order chi connectivity index (χ1) is 6.51. The van der Waals surface area contributed by atoms with Gasteiger partial charge in [0.25, 0.3) is 0 Å². The molecule has 0 aliphatic rings. The molecule has 78 valence electrons. The first-order valence-electron chi connectivity index (χ1n) is 4.02. The molecule has 0 saturated carbocycles. The number of hydrogen-bond acceptors (Lipinski definition) is 4. The molecule has 0 aliphatic heterocycles. The highest BCUT2D eigenvalue weighted by molar-refractivity contribution is 7.81. The van der Waals surface area contributed by atoms with Crippen molar-refractivity contribution in [1.82, 2.24) is 0 Å². The molecule has 0 heterocycles. The molecule has 0 bridgehead atoms. The van der Waals surface area contributed by atoms with Crippen molar-refractivity contribution in [3.8, 4) is 5.75 Å². The second-order valence-electron chi connectivity index (χ2n) is 2.57. The van der Waals surface area contributed by atoms with Gasteiger partial charge in [0, 0.05) is 12.2 Å². The lowest BCUT2D eigenvalue weighted by Gasteiger charge is -2.04. The lowest BCUT2D eigenvalue weighted by Crippen LogP contribution is -2.06. The molecule has 0 aromatic heterocycles. The van der Waals surface area contributed by atoms with E-state index in [0.717, 1.165) is 12.2 Å². The molecule has 1 rings (SSSR count). The highest BCUT2D eigenvalue weighted by Crippen LogP contribution is 2.16. The van der Waals surface area contributed by atoms with E-state index in [1.807, 2.05) is 6.92 Å². The quantitative estimate of drug-likeness (QED) is 0.743. The third-order valence-electron chi connectivity index (χ3n) is 1.44. The minimum absolute atomic E-state index is 0.0779. The number of nitrogens with one attached hydrogen (secondary N) is 1. The molecule has 1 aromatic carbocycles. The summed E-state index contributed by atoms with van der Waals surface area (Å²) in [4.78, 5) is 0. The Morgan fingerprint density at radius 3 is 2.36 bits per heavy atom. The fourth-order valence-electron chi connectivity index (χ4n) is 0.954. The summed E-state index contributed by atoms with van der Waals surface area (Å²) in [6.07, 6.45) is 0. The number of hydrogen-bond donors (Lipinski definition) is 2. The first kappa shape index (κ1) is 10.8. The molecule has 0 radical (unpaired) electrons. The topological polar surface area (TPSA) is 75.6 Å². The normalized spacial score (nSPS) is 11.0. The summed E-state index contributed by atoms with van der Waals surface area (Å²) in [6.45, 7) is 2.72. The minimum atomic E-state index is -4.42. The van der Waals surface area contributed by atoms with Crippen molar-refractivity contribution in [2.45, 2.75) is 6.92 Å². The van der Waals surface area contributed by atoms with E-state index in [1.165, 1.54) is 12.1 Å². The largest absolute Gasteiger partial charge is 0.446 e. The summed E-state index contributed by atoms with van der Waals surface area (Å²) in [5.74, 6) is 0.0779. The fourth-order valence-corrected chi connectivity index (χ4v) is 1.31. The molecule has 14 heavy (non-hydrogen) atoms. The molecular weight excluding hydrogens is 206 g/mol. The van der Waals surface area contributed by atoms with E-state index >= 15 is 0 Å². The Morgan fingerprint density at radius 2 is 1.93 bits per heavy atom. The minimum Gasteiger partial charge on any atom is -0.385 e. The smallest absolute Gasteiger partial charge is 0.385 e. The van der Waals surface area contributed by atoms with Crippen LogP contribution in [0.5, 0.6) is 5.75 Å². The van der Waals surface area contributed by atoms with Crippen LogP contribution in [0.15, 0.2) is 24.3 Å². The van der Waals surface area contributed by atoms with E-state index in [1.54, 1.807) is 12.1 Å². The van der Waals surface area contributed by atoms with Crippen molar-refractivity contribution < 1.29 is 17.2 Å². The van der Waals surface area contributed by atoms with E-state index < -0.39 is 10.4 Å². The number of anilines is 1. The Kier molecular flexibility index (Phi) is 3.32. The molecule has 0 aliphatic carbocycles. The van der Waals surface area contributed by atoms with E-state index in [-0.39, 0.29) is 5.75 Å². The maximum absolute atomic E-state index is 10.3. The van der Waals surface area contributed by atoms with E-state index in [4.69, 9.17) is 4.55 Å². The zero-order valence-corrected chi connectivity index (χ0v) is 8.41. The Morgan fingerprint density at radius 1 is 1.36 bits per heavy atom. The molecule has 2 N–H and O–H groups in total. The van der Waals surface area contributed by atoms with Gasteiger partial charge in [0.1, 0.15) is 5.75 Å². The fraction of sp³-hybridized carbons (Fsp3) is 0.250. The van der Waals surface area contributed by atoms with Gasteiger partial charge in [0.05, 0.1) is 0 Å². The van der Waals surface area contributed by atoms with Crippen LogP contribution in [0.4, 0.5) is 5.69 Å². The molecule has 5 nitrogen and oxygen atoms in total. The Bertz CT molecular complexity index is 384. The molecule has 0 atom stereocenters. The van der Waals surface area contributed by atoms with Crippen molar-refractivity contribution >= 4 is 16.1 Å². The summed E-state index contributed by atoms with van der Waals surface area (Å²) in [6, 6.07) is 6.21. The second kappa shape index (κ2) is 4.30. The summed E-state index contributed by atoms with van der Waals surface area (Å²) >= 11 is 0. The average Bonchev–Trinajstić information content (AvgIpc) is 2.06. The average molecular weight is 217 g/mol. The van der Waals surface area contributed by atoms with Crippen molar-refractivity contribution in [1.29, 1.82) is 0 Å². The maximum Gasteiger partial charge on any atom is 0.446 e. The van der Waals surface area contributed by atoms with Gasteiger partial charge in [-0.1, -0.05) is 0 Å². The van der Waals surface area contributed by atoms with E-state index in [2.05, 4.69) is 9.50 Å². The predicted molar refractivity (Wildman–Crippen MR) is 52.8 cm³/mol. The van der Waals surface area contributed by atoms with Crippen LogP contribution >= 0.6 is 0 Å². The monoisotopic (exact) mass is 217 g/mol. The van der Waals surface area contributed by atoms with Gasteiger partial charge in [-0.05, 0) is 31.2 Å². The summed E-state index contributed by atoms with van der Waals surface area (Å²) < 4.78 is 33.3. The van der Waals surface area contributed by atoms with Crippen LogP contribution in [0, 0.1) is 0 Å². The van der Waals surface area contributed by atoms with Gasteiger partial charge in [-0.25, -0.2) is 0 Å². The standard InChI is InChI=1S/C8H11NO4S/c1-2-9-7-3-5-8(6-4-7)13-14(10,11)12/h3-6,9H,2H2,1H3,(H,10,11,12). The highest BCUT2D eigenvalue weighted by atomic mass is 32.3. The van der Waals surface area contributed by atoms with Gasteiger partial charge in [-0.15, -0.1) is 0 Å². The van der Waals surface area contributed by atoms with Crippen molar-refractivity contribution in [2.75, 3.05) is 11.9 Å². The van der Waals surface area contributed by atoms with Crippen LogP contribution in [0.25, 0.3) is 0 Å². The van der Waals surface area contributed by atoms with E-state index in [0.29, 0.717) is 0 Å². The van der Waals surface area contributed by atoms with Crippen LogP contribution in [0.1, 0.15) is 6.92 Å². The van der Waals surface area contributed by atoms with Gasteiger partial charge in [-0.2, -0.15) is 8.42 Å². The predicted octanol–water partition coefficient (Wildman–Crippen LogP) is 1.30. The van der Waals surface area contributed by atoms with Crippen LogP contribution in [0.3, 0.4) is 0 Å².